The highest BCUT2D eigenvalue weighted by Crippen LogP contribution is 2.29. The first-order chi connectivity index (χ1) is 11.0. The molecule has 2 aromatic carbocycles. The minimum Gasteiger partial charge on any atom is -0.466 e. The predicted octanol–water partition coefficient (Wildman–Crippen LogP) is 3.72. The molecule has 1 atom stereocenters. The Morgan fingerprint density at radius 1 is 1.13 bits per heavy atom. The molecule has 120 valence electrons. The molecule has 0 radical (unpaired) electrons. The van der Waals surface area contributed by atoms with Gasteiger partial charge in [-0.3, -0.25) is 14.9 Å². The molecule has 0 fully saturated rings. The van der Waals surface area contributed by atoms with Gasteiger partial charge in [0.1, 0.15) is 0 Å². The summed E-state index contributed by atoms with van der Waals surface area (Å²) in [6.45, 7) is 2.15. The topological polar surface area (TPSA) is 69.4 Å². The highest BCUT2D eigenvalue weighted by molar-refractivity contribution is 7.80. The van der Waals surface area contributed by atoms with E-state index >= 15 is 0 Å². The highest BCUT2D eigenvalue weighted by Gasteiger charge is 2.12. The molecule has 0 N–H and O–H groups in total. The van der Waals surface area contributed by atoms with Gasteiger partial charge >= 0.3 is 5.97 Å². The lowest BCUT2D eigenvalue weighted by Gasteiger charge is -2.12. The standard InChI is InChI=1S/C17H17NO4S/c1-2-22-16(19)11-12-3-5-13(6-4-12)17(23)14-7-9-15(10-8-14)18(20)21/h3-10,17,23H,2,11H2,1H3. The van der Waals surface area contributed by atoms with Crippen molar-refractivity contribution in [1.82, 2.24) is 0 Å². The average molecular weight is 331 g/mol. The zero-order valence-corrected chi connectivity index (χ0v) is 13.5. The number of nitrogens with zero attached hydrogens (tertiary/aromatic N) is 1. The molecule has 23 heavy (non-hydrogen) atoms. The van der Waals surface area contributed by atoms with Gasteiger partial charge in [0.25, 0.3) is 5.69 Å². The normalized spacial score (nSPS) is 11.7. The fourth-order valence-corrected chi connectivity index (χ4v) is 2.51. The first-order valence-electron chi connectivity index (χ1n) is 7.18. The maximum atomic E-state index is 11.4. The van der Waals surface area contributed by atoms with Gasteiger partial charge in [-0.1, -0.05) is 36.4 Å². The minimum absolute atomic E-state index is 0.0547. The first kappa shape index (κ1) is 17.0. The molecule has 1 unspecified atom stereocenters. The van der Waals surface area contributed by atoms with Crippen LogP contribution in [0.15, 0.2) is 48.5 Å². The van der Waals surface area contributed by atoms with Gasteiger partial charge in [0.15, 0.2) is 0 Å². The summed E-state index contributed by atoms with van der Waals surface area (Å²) in [5.74, 6) is -0.252. The Morgan fingerprint density at radius 2 is 1.65 bits per heavy atom. The van der Waals surface area contributed by atoms with E-state index in [-0.39, 0.29) is 23.3 Å². The van der Waals surface area contributed by atoms with Crippen molar-refractivity contribution in [3.05, 3.63) is 75.3 Å². The summed E-state index contributed by atoms with van der Waals surface area (Å²) in [4.78, 5) is 21.7. The zero-order valence-electron chi connectivity index (χ0n) is 12.6. The third kappa shape index (κ3) is 4.56. The first-order valence-corrected chi connectivity index (χ1v) is 7.69. The Hall–Kier alpha value is -2.34. The molecule has 2 aromatic rings. The summed E-state index contributed by atoms with van der Waals surface area (Å²) >= 11 is 4.57. The van der Waals surface area contributed by atoms with Crippen molar-refractivity contribution in [3.8, 4) is 0 Å². The maximum Gasteiger partial charge on any atom is 0.310 e. The van der Waals surface area contributed by atoms with E-state index in [1.807, 2.05) is 24.3 Å². The number of benzene rings is 2. The molecule has 0 aromatic heterocycles. The van der Waals surface area contributed by atoms with Gasteiger partial charge in [-0.25, -0.2) is 0 Å². The highest BCUT2D eigenvalue weighted by atomic mass is 32.1. The van der Waals surface area contributed by atoms with Crippen LogP contribution in [0, 0.1) is 10.1 Å². The number of hydrogen-bond acceptors (Lipinski definition) is 5. The average Bonchev–Trinajstić information content (AvgIpc) is 2.55. The minimum atomic E-state index is -0.429. The van der Waals surface area contributed by atoms with Gasteiger partial charge < -0.3 is 4.74 Å². The molecule has 0 bridgehead atoms. The Bertz CT molecular complexity index is 683. The number of non-ortho nitro benzene ring substituents is 1. The molecule has 0 aliphatic carbocycles. The van der Waals surface area contributed by atoms with Crippen LogP contribution in [0.1, 0.15) is 28.9 Å². The van der Waals surface area contributed by atoms with Crippen molar-refractivity contribution in [2.24, 2.45) is 0 Å². The molecule has 0 amide bonds. The van der Waals surface area contributed by atoms with Gasteiger partial charge in [-0.2, -0.15) is 12.6 Å². The van der Waals surface area contributed by atoms with Crippen molar-refractivity contribution in [1.29, 1.82) is 0 Å². The molecule has 2 rings (SSSR count). The molecule has 0 spiro atoms. The number of rotatable bonds is 6. The third-order valence-corrected chi connectivity index (χ3v) is 3.97. The van der Waals surface area contributed by atoms with Crippen molar-refractivity contribution < 1.29 is 14.5 Å². The van der Waals surface area contributed by atoms with Crippen LogP contribution in [0.25, 0.3) is 0 Å². The molecule has 0 aliphatic heterocycles. The number of thiol groups is 1. The van der Waals surface area contributed by atoms with E-state index in [2.05, 4.69) is 12.6 Å². The Balaban J connectivity index is 2.09. The van der Waals surface area contributed by atoms with Gasteiger partial charge in [-0.15, -0.1) is 0 Å². The lowest BCUT2D eigenvalue weighted by atomic mass is 10.0. The number of carbonyl (C=O) groups is 1. The van der Waals surface area contributed by atoms with E-state index in [1.165, 1.54) is 12.1 Å². The number of carbonyl (C=O) groups excluding carboxylic acids is 1. The third-order valence-electron chi connectivity index (χ3n) is 3.37. The van der Waals surface area contributed by atoms with E-state index in [1.54, 1.807) is 19.1 Å². The quantitative estimate of drug-likeness (QED) is 0.379. The van der Waals surface area contributed by atoms with Crippen LogP contribution < -0.4 is 0 Å². The zero-order chi connectivity index (χ0) is 16.8. The SMILES string of the molecule is CCOC(=O)Cc1ccc(C(S)c2ccc([N+](=O)[O-])cc2)cc1. The van der Waals surface area contributed by atoms with Crippen LogP contribution in [0.2, 0.25) is 0 Å². The smallest absolute Gasteiger partial charge is 0.310 e. The summed E-state index contributed by atoms with van der Waals surface area (Å²) in [6.07, 6.45) is 0.239. The number of esters is 1. The Morgan fingerprint density at radius 3 is 2.13 bits per heavy atom. The van der Waals surface area contributed by atoms with Gasteiger partial charge in [0.2, 0.25) is 0 Å². The lowest BCUT2D eigenvalue weighted by molar-refractivity contribution is -0.384. The van der Waals surface area contributed by atoms with Crippen LogP contribution in [-0.2, 0) is 16.0 Å². The van der Waals surface area contributed by atoms with Crippen molar-refractivity contribution in [2.45, 2.75) is 18.6 Å². The Labute approximate surface area is 139 Å². The number of nitro benzene ring substituents is 1. The molecular formula is C17H17NO4S. The van der Waals surface area contributed by atoms with Gasteiger partial charge in [0, 0.05) is 12.1 Å². The molecular weight excluding hydrogens is 314 g/mol. The maximum absolute atomic E-state index is 11.4. The van der Waals surface area contributed by atoms with Crippen molar-refractivity contribution in [3.63, 3.8) is 0 Å². The van der Waals surface area contributed by atoms with Gasteiger partial charge in [-0.05, 0) is 23.6 Å². The van der Waals surface area contributed by atoms with Crippen LogP contribution in [-0.4, -0.2) is 17.5 Å². The second kappa shape index (κ2) is 7.78. The molecule has 0 aliphatic rings. The lowest BCUT2D eigenvalue weighted by Crippen LogP contribution is -2.07. The van der Waals surface area contributed by atoms with E-state index in [0.717, 1.165) is 16.7 Å². The van der Waals surface area contributed by atoms with E-state index in [4.69, 9.17) is 4.74 Å². The molecule has 5 nitrogen and oxygen atoms in total. The molecule has 0 saturated heterocycles. The molecule has 0 heterocycles. The fourth-order valence-electron chi connectivity index (χ4n) is 2.17. The van der Waals surface area contributed by atoms with Gasteiger partial charge in [0.05, 0.1) is 23.2 Å². The molecule has 6 heteroatoms. The van der Waals surface area contributed by atoms with Crippen LogP contribution in [0.5, 0.6) is 0 Å². The second-order valence-electron chi connectivity index (χ2n) is 4.97. The summed E-state index contributed by atoms with van der Waals surface area (Å²) in [5, 5.41) is 10.5. The number of ether oxygens (including phenoxy) is 1. The summed E-state index contributed by atoms with van der Waals surface area (Å²) in [7, 11) is 0. The number of nitro groups is 1. The monoisotopic (exact) mass is 331 g/mol. The van der Waals surface area contributed by atoms with Crippen LogP contribution >= 0.6 is 12.6 Å². The fraction of sp³-hybridized carbons (Fsp3) is 0.235. The summed E-state index contributed by atoms with van der Waals surface area (Å²) in [5.41, 5.74) is 2.75. The van der Waals surface area contributed by atoms with E-state index < -0.39 is 4.92 Å². The van der Waals surface area contributed by atoms with E-state index in [9.17, 15) is 14.9 Å². The summed E-state index contributed by atoms with van der Waals surface area (Å²) in [6, 6.07) is 13.8. The van der Waals surface area contributed by atoms with Crippen molar-refractivity contribution in [2.75, 3.05) is 6.61 Å². The Kier molecular flexibility index (Phi) is 5.76. The van der Waals surface area contributed by atoms with Crippen LogP contribution in [0.3, 0.4) is 0 Å². The summed E-state index contributed by atoms with van der Waals surface area (Å²) < 4.78 is 4.91. The predicted molar refractivity (Wildman–Crippen MR) is 90.7 cm³/mol. The number of hydrogen-bond donors (Lipinski definition) is 1. The van der Waals surface area contributed by atoms with Crippen LogP contribution in [0.4, 0.5) is 5.69 Å². The van der Waals surface area contributed by atoms with E-state index in [0.29, 0.717) is 6.61 Å². The second-order valence-corrected chi connectivity index (χ2v) is 5.49. The molecule has 0 saturated carbocycles. The largest absolute Gasteiger partial charge is 0.466 e. The van der Waals surface area contributed by atoms with Crippen molar-refractivity contribution >= 4 is 24.3 Å².